The first-order valence-corrected chi connectivity index (χ1v) is 6.47. The van der Waals surface area contributed by atoms with E-state index in [1.165, 1.54) is 18.3 Å². The lowest BCUT2D eigenvalue weighted by molar-refractivity contribution is -0.141. The van der Waals surface area contributed by atoms with Gasteiger partial charge in [-0.2, -0.15) is 0 Å². The average Bonchev–Trinajstić information content (AvgIpc) is 2.72. The van der Waals surface area contributed by atoms with E-state index in [1.54, 1.807) is 6.07 Å². The molecule has 0 fully saturated rings. The first-order chi connectivity index (χ1) is 8.34. The van der Waals surface area contributed by atoms with Crippen LogP contribution >= 0.6 is 11.3 Å². The van der Waals surface area contributed by atoms with Crippen molar-refractivity contribution in [2.45, 2.75) is 32.3 Å². The molecule has 100 valence electrons. The molecule has 0 aliphatic rings. The highest BCUT2D eigenvalue weighted by molar-refractivity contribution is 7.14. The van der Waals surface area contributed by atoms with Crippen LogP contribution in [0.4, 0.5) is 0 Å². The fourth-order valence-electron chi connectivity index (χ4n) is 1.44. The van der Waals surface area contributed by atoms with Crippen LogP contribution in [-0.2, 0) is 11.2 Å². The molecule has 0 spiro atoms. The summed E-state index contributed by atoms with van der Waals surface area (Å²) in [5.74, 6) is -1.39. The number of carboxylic acids is 1. The monoisotopic (exact) mass is 271 g/mol. The fraction of sp³-hybridized carbons (Fsp3) is 0.500. The van der Waals surface area contributed by atoms with E-state index < -0.39 is 18.0 Å². The topological polar surface area (TPSA) is 86.6 Å². The highest BCUT2D eigenvalue weighted by atomic mass is 32.1. The van der Waals surface area contributed by atoms with Crippen LogP contribution < -0.4 is 5.32 Å². The number of aliphatic carboxylic acids is 1. The maximum Gasteiger partial charge on any atom is 0.306 e. The van der Waals surface area contributed by atoms with Crippen molar-refractivity contribution in [3.63, 3.8) is 0 Å². The third-order valence-corrected chi connectivity index (χ3v) is 3.62. The Kier molecular flexibility index (Phi) is 4.86. The molecule has 6 heteroatoms. The van der Waals surface area contributed by atoms with Crippen molar-refractivity contribution in [3.8, 4) is 0 Å². The molecule has 18 heavy (non-hydrogen) atoms. The zero-order chi connectivity index (χ0) is 13.8. The summed E-state index contributed by atoms with van der Waals surface area (Å²) in [6.07, 6.45) is 0.465. The normalized spacial score (nSPS) is 13.9. The van der Waals surface area contributed by atoms with Crippen molar-refractivity contribution in [3.05, 3.63) is 21.9 Å². The molecule has 0 aromatic carbocycles. The van der Waals surface area contributed by atoms with Crippen molar-refractivity contribution in [2.75, 3.05) is 6.54 Å². The maximum absolute atomic E-state index is 11.7. The summed E-state index contributed by atoms with van der Waals surface area (Å²) in [7, 11) is 0. The van der Waals surface area contributed by atoms with Crippen molar-refractivity contribution >= 4 is 23.2 Å². The Balaban J connectivity index is 2.53. The third kappa shape index (κ3) is 4.46. The molecule has 5 nitrogen and oxygen atoms in total. The van der Waals surface area contributed by atoms with E-state index in [2.05, 4.69) is 5.32 Å². The smallest absolute Gasteiger partial charge is 0.306 e. The quantitative estimate of drug-likeness (QED) is 0.727. The average molecular weight is 271 g/mol. The molecule has 3 N–H and O–H groups in total. The van der Waals surface area contributed by atoms with Gasteiger partial charge in [0.2, 0.25) is 0 Å². The summed E-state index contributed by atoms with van der Waals surface area (Å²) in [5, 5.41) is 20.9. The van der Waals surface area contributed by atoms with Crippen LogP contribution in [0.15, 0.2) is 12.1 Å². The van der Waals surface area contributed by atoms with Crippen molar-refractivity contribution < 1.29 is 19.8 Å². The first kappa shape index (κ1) is 14.7. The van der Waals surface area contributed by atoms with E-state index in [0.717, 1.165) is 11.3 Å². The van der Waals surface area contributed by atoms with E-state index in [4.69, 9.17) is 5.11 Å². The number of carbonyl (C=O) groups is 2. The molecule has 0 saturated heterocycles. The van der Waals surface area contributed by atoms with E-state index in [0.29, 0.717) is 4.88 Å². The molecule has 0 aliphatic heterocycles. The van der Waals surface area contributed by atoms with E-state index in [1.807, 2.05) is 13.0 Å². The number of rotatable bonds is 6. The third-order valence-electron chi connectivity index (χ3n) is 2.40. The number of hydrogen-bond donors (Lipinski definition) is 3. The number of aryl methyl sites for hydroxylation is 1. The maximum atomic E-state index is 11.7. The minimum absolute atomic E-state index is 0.0858. The second-order valence-electron chi connectivity index (χ2n) is 4.37. The Hall–Kier alpha value is -1.40. The Morgan fingerprint density at radius 3 is 2.61 bits per heavy atom. The van der Waals surface area contributed by atoms with Crippen LogP contribution in [0.5, 0.6) is 0 Å². The van der Waals surface area contributed by atoms with Gasteiger partial charge < -0.3 is 15.5 Å². The van der Waals surface area contributed by atoms with Crippen LogP contribution in [0, 0.1) is 0 Å². The Labute approximate surface area is 109 Å². The van der Waals surface area contributed by atoms with Crippen molar-refractivity contribution in [1.82, 2.24) is 5.32 Å². The lowest BCUT2D eigenvalue weighted by Gasteiger charge is -2.21. The summed E-state index contributed by atoms with van der Waals surface area (Å²) >= 11 is 1.40. The summed E-state index contributed by atoms with van der Waals surface area (Å²) in [6, 6.07) is 3.61. The van der Waals surface area contributed by atoms with Crippen LogP contribution in [0.3, 0.4) is 0 Å². The molecule has 0 saturated carbocycles. The van der Waals surface area contributed by atoms with Gasteiger partial charge in [0.15, 0.2) is 0 Å². The predicted octanol–water partition coefficient (Wildman–Crippen LogP) is 1.27. The molecule has 0 bridgehead atoms. The standard InChI is InChI=1S/C12H17NO4S/c1-3-8-4-5-9(18-8)11(16)13-7-12(2,17)6-10(14)15/h4-5,17H,3,6-7H2,1-2H3,(H,13,16)(H,14,15). The van der Waals surface area contributed by atoms with E-state index in [9.17, 15) is 14.7 Å². The first-order valence-electron chi connectivity index (χ1n) is 5.65. The van der Waals surface area contributed by atoms with Crippen LogP contribution in [0.25, 0.3) is 0 Å². The van der Waals surface area contributed by atoms with Gasteiger partial charge >= 0.3 is 5.97 Å². The number of hydrogen-bond acceptors (Lipinski definition) is 4. The molecule has 1 aromatic heterocycles. The predicted molar refractivity (Wildman–Crippen MR) is 68.9 cm³/mol. The summed E-state index contributed by atoms with van der Waals surface area (Å²) in [6.45, 7) is 3.30. The summed E-state index contributed by atoms with van der Waals surface area (Å²) in [4.78, 5) is 23.9. The van der Waals surface area contributed by atoms with Gasteiger partial charge in [-0.25, -0.2) is 0 Å². The number of thiophene rings is 1. The minimum Gasteiger partial charge on any atom is -0.481 e. The molecule has 1 unspecified atom stereocenters. The van der Waals surface area contributed by atoms with Gasteiger partial charge in [-0.1, -0.05) is 6.92 Å². The second kappa shape index (κ2) is 5.97. The van der Waals surface area contributed by atoms with Crippen LogP contribution in [0.1, 0.15) is 34.8 Å². The number of carbonyl (C=O) groups excluding carboxylic acids is 1. The van der Waals surface area contributed by atoms with E-state index in [-0.39, 0.29) is 12.5 Å². The highest BCUT2D eigenvalue weighted by Crippen LogP contribution is 2.17. The van der Waals surface area contributed by atoms with Gasteiger partial charge in [0.05, 0.1) is 16.9 Å². The SMILES string of the molecule is CCc1ccc(C(=O)NCC(C)(O)CC(=O)O)s1. The molecular formula is C12H17NO4S. The van der Waals surface area contributed by atoms with Gasteiger partial charge in [-0.05, 0) is 25.5 Å². The second-order valence-corrected chi connectivity index (χ2v) is 5.54. The highest BCUT2D eigenvalue weighted by Gasteiger charge is 2.25. The number of carboxylic acid groups (broad SMARTS) is 1. The van der Waals surface area contributed by atoms with Crippen LogP contribution in [-0.4, -0.2) is 34.2 Å². The van der Waals surface area contributed by atoms with E-state index >= 15 is 0 Å². The Bertz CT molecular complexity index is 439. The van der Waals surface area contributed by atoms with Gasteiger partial charge in [-0.3, -0.25) is 9.59 Å². The van der Waals surface area contributed by atoms with Gasteiger partial charge in [-0.15, -0.1) is 11.3 Å². The lowest BCUT2D eigenvalue weighted by atomic mass is 10.0. The number of nitrogens with one attached hydrogen (secondary N) is 1. The van der Waals surface area contributed by atoms with Crippen LogP contribution in [0.2, 0.25) is 0 Å². The fourth-order valence-corrected chi connectivity index (χ4v) is 2.30. The van der Waals surface area contributed by atoms with Crippen molar-refractivity contribution in [1.29, 1.82) is 0 Å². The lowest BCUT2D eigenvalue weighted by Crippen LogP contribution is -2.41. The summed E-state index contributed by atoms with van der Waals surface area (Å²) < 4.78 is 0. The van der Waals surface area contributed by atoms with Gasteiger partial charge in [0, 0.05) is 11.4 Å². The zero-order valence-corrected chi connectivity index (χ0v) is 11.2. The molecule has 1 atom stereocenters. The minimum atomic E-state index is -1.44. The van der Waals surface area contributed by atoms with Gasteiger partial charge in [0.25, 0.3) is 5.91 Å². The van der Waals surface area contributed by atoms with Crippen molar-refractivity contribution in [2.24, 2.45) is 0 Å². The number of aliphatic hydroxyl groups is 1. The molecule has 1 aromatic rings. The molecular weight excluding hydrogens is 254 g/mol. The molecule has 1 rings (SSSR count). The largest absolute Gasteiger partial charge is 0.481 e. The molecule has 0 aliphatic carbocycles. The Morgan fingerprint density at radius 2 is 2.11 bits per heavy atom. The molecule has 1 heterocycles. The zero-order valence-electron chi connectivity index (χ0n) is 10.4. The number of amides is 1. The molecule has 0 radical (unpaired) electrons. The Morgan fingerprint density at radius 1 is 1.44 bits per heavy atom. The van der Waals surface area contributed by atoms with Gasteiger partial charge in [0.1, 0.15) is 0 Å². The molecule has 1 amide bonds. The summed E-state index contributed by atoms with van der Waals surface area (Å²) in [5.41, 5.74) is -1.44.